The topological polar surface area (TPSA) is 110 Å². The van der Waals surface area contributed by atoms with Gasteiger partial charge in [0.15, 0.2) is 8.32 Å². The number of hydrogen-bond acceptors (Lipinski definition) is 8. The molecule has 1 aromatic carbocycles. The Morgan fingerprint density at radius 3 is 2.45 bits per heavy atom. The van der Waals surface area contributed by atoms with Crippen molar-refractivity contribution in [2.24, 2.45) is 11.8 Å². The molecule has 2 aliphatic heterocycles. The smallest absolute Gasteiger partial charge is 0.416 e. The number of halogens is 3. The maximum absolute atomic E-state index is 13.1. The van der Waals surface area contributed by atoms with E-state index in [9.17, 15) is 28.2 Å². The highest BCUT2D eigenvalue weighted by atomic mass is 28.4. The first-order valence-corrected chi connectivity index (χ1v) is 18.7. The molecule has 3 fully saturated rings. The minimum Gasteiger partial charge on any atom is -0.491 e. The summed E-state index contributed by atoms with van der Waals surface area (Å²) in [5.41, 5.74) is -0.820. The van der Waals surface area contributed by atoms with Gasteiger partial charge in [0.05, 0.1) is 42.2 Å². The van der Waals surface area contributed by atoms with Gasteiger partial charge in [-0.15, -0.1) is 0 Å². The van der Waals surface area contributed by atoms with E-state index in [1.807, 2.05) is 13.8 Å². The number of benzene rings is 1. The summed E-state index contributed by atoms with van der Waals surface area (Å²) in [6, 6.07) is 7.44. The van der Waals surface area contributed by atoms with E-state index in [1.54, 1.807) is 0 Å². The number of alkyl halides is 3. The van der Waals surface area contributed by atoms with Crippen LogP contribution in [0.3, 0.4) is 0 Å². The van der Waals surface area contributed by atoms with Crippen molar-refractivity contribution in [1.29, 1.82) is 0 Å². The number of epoxide rings is 2. The number of carbonyl (C=O) groups excluding carboxylic acids is 1. The Balaban J connectivity index is 1.38. The summed E-state index contributed by atoms with van der Waals surface area (Å²) < 4.78 is 68.9. The van der Waals surface area contributed by atoms with E-state index in [2.05, 4.69) is 20.8 Å². The molecule has 0 radical (unpaired) electrons. The average molecular weight is 647 g/mol. The zero-order chi connectivity index (χ0) is 32.2. The second-order valence-electron chi connectivity index (χ2n) is 12.8. The van der Waals surface area contributed by atoms with Crippen molar-refractivity contribution in [2.45, 2.75) is 140 Å². The van der Waals surface area contributed by atoms with Gasteiger partial charge >= 0.3 is 12.1 Å². The lowest BCUT2D eigenvalue weighted by Crippen LogP contribution is -2.43. The van der Waals surface area contributed by atoms with Gasteiger partial charge < -0.3 is 33.6 Å². The third-order valence-electron chi connectivity index (χ3n) is 9.56. The van der Waals surface area contributed by atoms with Crippen molar-refractivity contribution >= 4 is 14.3 Å². The molecule has 9 atom stereocenters. The van der Waals surface area contributed by atoms with E-state index < -0.39 is 38.4 Å². The van der Waals surface area contributed by atoms with Gasteiger partial charge in [0.2, 0.25) is 0 Å². The van der Waals surface area contributed by atoms with Crippen LogP contribution in [0, 0.1) is 11.8 Å². The molecule has 4 rings (SSSR count). The molecule has 44 heavy (non-hydrogen) atoms. The summed E-state index contributed by atoms with van der Waals surface area (Å²) >= 11 is 0. The number of esters is 1. The van der Waals surface area contributed by atoms with Crippen LogP contribution in [0.2, 0.25) is 18.1 Å². The van der Waals surface area contributed by atoms with Gasteiger partial charge in [-0.25, -0.2) is 0 Å². The fraction of sp³-hybridized carbons (Fsp3) is 0.781. The molecular weight excluding hydrogens is 597 g/mol. The molecule has 0 amide bonds. The van der Waals surface area contributed by atoms with Crippen LogP contribution in [0.1, 0.15) is 72.3 Å². The van der Waals surface area contributed by atoms with Crippen molar-refractivity contribution in [1.82, 2.24) is 0 Å². The predicted molar refractivity (Wildman–Crippen MR) is 160 cm³/mol. The third kappa shape index (κ3) is 8.97. The molecule has 1 saturated carbocycles. The van der Waals surface area contributed by atoms with E-state index in [4.69, 9.17) is 23.4 Å². The highest BCUT2D eigenvalue weighted by Gasteiger charge is 2.60. The lowest BCUT2D eigenvalue weighted by molar-refractivity contribution is -0.147. The Hall–Kier alpha value is -1.70. The van der Waals surface area contributed by atoms with Crippen LogP contribution in [0.25, 0.3) is 0 Å². The maximum Gasteiger partial charge on any atom is 0.416 e. The predicted octanol–water partition coefficient (Wildman–Crippen LogP) is 5.88. The SMILES string of the molecule is CC[Si](CC)(CC)O[C@@H]1C[C@H](O)[C@H](CC2OC2CCCC(=O)OC(C)C)[C@H]1[C@H]1OC1[C@@H](O)COc1cccc(C(F)(F)F)c1. The fourth-order valence-electron chi connectivity index (χ4n) is 6.79. The Bertz CT molecular complexity index is 1080. The van der Waals surface area contributed by atoms with Gasteiger partial charge in [0, 0.05) is 12.3 Å². The van der Waals surface area contributed by atoms with Crippen LogP contribution < -0.4 is 4.74 Å². The van der Waals surface area contributed by atoms with E-state index in [-0.39, 0.29) is 60.7 Å². The molecule has 1 aromatic rings. The molecule has 2 N–H and O–H groups in total. The van der Waals surface area contributed by atoms with Gasteiger partial charge in [-0.2, -0.15) is 13.2 Å². The molecule has 0 aromatic heterocycles. The van der Waals surface area contributed by atoms with Gasteiger partial charge in [-0.1, -0.05) is 26.8 Å². The molecule has 1 aliphatic carbocycles. The van der Waals surface area contributed by atoms with Crippen LogP contribution in [0.5, 0.6) is 5.75 Å². The summed E-state index contributed by atoms with van der Waals surface area (Å²) in [6.45, 7) is 9.89. The second kappa shape index (κ2) is 14.8. The van der Waals surface area contributed by atoms with Crippen LogP contribution in [0.15, 0.2) is 24.3 Å². The van der Waals surface area contributed by atoms with Gasteiger partial charge in [-0.05, 0) is 81.8 Å². The zero-order valence-electron chi connectivity index (χ0n) is 26.4. The first-order valence-electron chi connectivity index (χ1n) is 16.1. The number of hydrogen-bond donors (Lipinski definition) is 2. The number of carbonyl (C=O) groups is 1. The summed E-state index contributed by atoms with van der Waals surface area (Å²) in [7, 11) is -2.03. The minimum absolute atomic E-state index is 0.0189. The first kappa shape index (κ1) is 35.2. The highest BCUT2D eigenvalue weighted by molar-refractivity contribution is 6.73. The van der Waals surface area contributed by atoms with E-state index >= 15 is 0 Å². The third-order valence-corrected chi connectivity index (χ3v) is 14.2. The quantitative estimate of drug-likeness (QED) is 0.123. The Morgan fingerprint density at radius 2 is 1.82 bits per heavy atom. The molecule has 2 saturated heterocycles. The molecule has 2 heterocycles. The highest BCUT2D eigenvalue weighted by Crippen LogP contribution is 2.50. The monoisotopic (exact) mass is 646 g/mol. The number of aliphatic hydroxyl groups is 2. The van der Waals surface area contributed by atoms with Crippen molar-refractivity contribution in [2.75, 3.05) is 6.61 Å². The summed E-state index contributed by atoms with van der Waals surface area (Å²) in [4.78, 5) is 11.9. The Kier molecular flexibility index (Phi) is 11.8. The van der Waals surface area contributed by atoms with Gasteiger partial charge in [0.1, 0.15) is 24.6 Å². The van der Waals surface area contributed by atoms with Crippen molar-refractivity contribution in [3.8, 4) is 5.75 Å². The van der Waals surface area contributed by atoms with Crippen LogP contribution in [-0.2, 0) is 29.6 Å². The first-order chi connectivity index (χ1) is 20.8. The summed E-state index contributed by atoms with van der Waals surface area (Å²) in [5, 5.41) is 22.2. The number of aliphatic hydroxyl groups excluding tert-OH is 2. The molecule has 0 bridgehead atoms. The van der Waals surface area contributed by atoms with Gasteiger partial charge in [0.25, 0.3) is 0 Å². The van der Waals surface area contributed by atoms with Crippen LogP contribution in [0.4, 0.5) is 13.2 Å². The minimum atomic E-state index is -4.49. The van der Waals surface area contributed by atoms with Crippen molar-refractivity contribution in [3.05, 3.63) is 29.8 Å². The lowest BCUT2D eigenvalue weighted by Gasteiger charge is -2.35. The molecule has 3 aliphatic rings. The maximum atomic E-state index is 13.1. The summed E-state index contributed by atoms with van der Waals surface area (Å²) in [6.07, 6.45) is -4.66. The number of rotatable bonds is 17. The molecule has 12 heteroatoms. The second-order valence-corrected chi connectivity index (χ2v) is 17.5. The van der Waals surface area contributed by atoms with E-state index in [0.717, 1.165) is 36.7 Å². The fourth-order valence-corrected chi connectivity index (χ4v) is 9.69. The number of ether oxygens (including phenoxy) is 4. The van der Waals surface area contributed by atoms with Crippen LogP contribution >= 0.6 is 0 Å². The van der Waals surface area contributed by atoms with Crippen molar-refractivity contribution in [3.63, 3.8) is 0 Å². The largest absolute Gasteiger partial charge is 0.491 e. The molecule has 0 spiro atoms. The Labute approximate surface area is 259 Å². The summed E-state index contributed by atoms with van der Waals surface area (Å²) in [5.74, 6) is -0.526. The van der Waals surface area contributed by atoms with Crippen molar-refractivity contribution < 1.29 is 51.6 Å². The molecule has 3 unspecified atom stereocenters. The van der Waals surface area contributed by atoms with E-state index in [1.165, 1.54) is 12.1 Å². The van der Waals surface area contributed by atoms with E-state index in [0.29, 0.717) is 25.7 Å². The normalized spacial score (nSPS) is 30.8. The van der Waals surface area contributed by atoms with Gasteiger partial charge in [-0.3, -0.25) is 4.79 Å². The average Bonchev–Trinajstić information content (AvgIpc) is 3.89. The molecule has 8 nitrogen and oxygen atoms in total. The lowest BCUT2D eigenvalue weighted by atomic mass is 9.84. The molecular formula is C32H49F3O8Si. The standard InChI is InChI=1S/C32H49F3O8Si/c1-6-44(7-2,8-3)43-27-17-23(36)22(16-26-25(41-26)13-10-14-28(38)40-19(4)5)29(27)31-30(42-31)24(37)18-39-21-12-9-11-20(15-21)32(33,34)35/h9,11-12,15,19,22-27,29-31,36-37H,6-8,10,13-14,16-18H2,1-5H3/t22-,23-,24-,25?,26?,27+,29+,30?,31+/m0/s1. The zero-order valence-corrected chi connectivity index (χ0v) is 27.4. The Morgan fingerprint density at radius 1 is 1.11 bits per heavy atom. The van der Waals surface area contributed by atoms with Crippen LogP contribution in [-0.4, -0.2) is 79.9 Å². The molecule has 250 valence electrons.